The molecule has 0 fully saturated rings. The fraction of sp³-hybridized carbons (Fsp3) is 0.417. The molecule has 0 spiro atoms. The zero-order valence-electron chi connectivity index (χ0n) is 10.1. The third-order valence-electron chi connectivity index (χ3n) is 2.95. The summed E-state index contributed by atoms with van der Waals surface area (Å²) in [4.78, 5) is 1.77. The smallest absolute Gasteiger partial charge is 0.147 e. The van der Waals surface area contributed by atoms with Crippen molar-refractivity contribution in [2.45, 2.75) is 13.0 Å². The second-order valence-electron chi connectivity index (χ2n) is 4.56. The van der Waals surface area contributed by atoms with Gasteiger partial charge < -0.3 is 4.90 Å². The second-order valence-corrected chi connectivity index (χ2v) is 6.81. The molecular weight excluding hydrogens is 255 g/mol. The maximum absolute atomic E-state index is 13.1. The van der Waals surface area contributed by atoms with E-state index in [0.717, 1.165) is 5.56 Å². The largest absolute Gasteiger partial charge is 0.352 e. The first-order valence-corrected chi connectivity index (χ1v) is 7.73. The van der Waals surface area contributed by atoms with Crippen LogP contribution >= 0.6 is 0 Å². The van der Waals surface area contributed by atoms with Crippen LogP contribution in [0.2, 0.25) is 0 Å². The Morgan fingerprint density at radius 3 is 2.83 bits per heavy atom. The molecule has 2 rings (SSSR count). The van der Waals surface area contributed by atoms with E-state index in [2.05, 4.69) is 0 Å². The number of nitrogens with one attached hydrogen (secondary N) is 1. The zero-order valence-corrected chi connectivity index (χ0v) is 10.9. The highest BCUT2D eigenvalue weighted by atomic mass is 32.2. The van der Waals surface area contributed by atoms with Crippen LogP contribution in [-0.4, -0.2) is 37.7 Å². The molecule has 1 N–H and O–H groups in total. The molecule has 0 aromatic heterocycles. The first-order valence-electron chi connectivity index (χ1n) is 5.67. The molecule has 6 heteroatoms. The van der Waals surface area contributed by atoms with Gasteiger partial charge in [0, 0.05) is 24.9 Å². The molecule has 0 saturated carbocycles. The molecule has 0 bridgehead atoms. The topological polar surface area (TPSA) is 61.2 Å². The van der Waals surface area contributed by atoms with Crippen LogP contribution in [0.4, 0.5) is 4.39 Å². The van der Waals surface area contributed by atoms with Crippen molar-refractivity contribution in [3.8, 4) is 0 Å². The van der Waals surface area contributed by atoms with E-state index in [4.69, 9.17) is 5.41 Å². The van der Waals surface area contributed by atoms with E-state index in [1.54, 1.807) is 11.0 Å². The lowest BCUT2D eigenvalue weighted by Gasteiger charge is -2.17. The van der Waals surface area contributed by atoms with E-state index < -0.39 is 9.84 Å². The fourth-order valence-corrected chi connectivity index (χ4v) is 2.72. The minimum absolute atomic E-state index is 0.113. The number of benzene rings is 1. The molecule has 1 heterocycles. The summed E-state index contributed by atoms with van der Waals surface area (Å²) >= 11 is 0. The first-order chi connectivity index (χ1) is 8.37. The highest BCUT2D eigenvalue weighted by Gasteiger charge is 2.24. The minimum Gasteiger partial charge on any atom is -0.352 e. The van der Waals surface area contributed by atoms with Crippen LogP contribution < -0.4 is 0 Å². The SMILES string of the molecule is CS(=O)(=O)CCCN1Cc2ccc(F)cc2C1=N. The number of fused-ring (bicyclic) bond motifs is 1. The summed E-state index contributed by atoms with van der Waals surface area (Å²) in [5.41, 5.74) is 1.52. The second kappa shape index (κ2) is 4.68. The average Bonchev–Trinajstić information content (AvgIpc) is 2.55. The Balaban J connectivity index is 2.01. The van der Waals surface area contributed by atoms with E-state index in [0.29, 0.717) is 25.1 Å². The molecule has 1 aliphatic heterocycles. The van der Waals surface area contributed by atoms with Gasteiger partial charge in [-0.25, -0.2) is 12.8 Å². The number of nitrogens with zero attached hydrogens (tertiary/aromatic N) is 1. The summed E-state index contributed by atoms with van der Waals surface area (Å²) < 4.78 is 35.1. The van der Waals surface area contributed by atoms with E-state index in [-0.39, 0.29) is 17.4 Å². The molecule has 1 aromatic rings. The van der Waals surface area contributed by atoms with Crippen molar-refractivity contribution in [2.24, 2.45) is 0 Å². The lowest BCUT2D eigenvalue weighted by atomic mass is 10.1. The van der Waals surface area contributed by atoms with Gasteiger partial charge in [-0.05, 0) is 24.1 Å². The van der Waals surface area contributed by atoms with Crippen LogP contribution in [0.1, 0.15) is 17.5 Å². The summed E-state index contributed by atoms with van der Waals surface area (Å²) in [6.45, 7) is 1.06. The van der Waals surface area contributed by atoms with E-state index in [9.17, 15) is 12.8 Å². The number of sulfone groups is 1. The Labute approximate surface area is 106 Å². The van der Waals surface area contributed by atoms with Crippen molar-refractivity contribution < 1.29 is 12.8 Å². The monoisotopic (exact) mass is 270 g/mol. The van der Waals surface area contributed by atoms with Crippen LogP contribution in [0.25, 0.3) is 0 Å². The van der Waals surface area contributed by atoms with Crippen LogP contribution in [-0.2, 0) is 16.4 Å². The number of hydrogen-bond donors (Lipinski definition) is 1. The highest BCUT2D eigenvalue weighted by molar-refractivity contribution is 7.90. The molecule has 18 heavy (non-hydrogen) atoms. The summed E-state index contributed by atoms with van der Waals surface area (Å²) in [5.74, 6) is 0.0380. The highest BCUT2D eigenvalue weighted by Crippen LogP contribution is 2.23. The van der Waals surface area contributed by atoms with Gasteiger partial charge in [-0.15, -0.1) is 0 Å². The van der Waals surface area contributed by atoms with E-state index >= 15 is 0 Å². The third-order valence-corrected chi connectivity index (χ3v) is 3.98. The zero-order chi connectivity index (χ0) is 13.3. The molecule has 0 atom stereocenters. The average molecular weight is 270 g/mol. The van der Waals surface area contributed by atoms with Gasteiger partial charge in [0.25, 0.3) is 0 Å². The quantitative estimate of drug-likeness (QED) is 0.899. The molecular formula is C12H15FN2O2S. The Morgan fingerprint density at radius 1 is 1.44 bits per heavy atom. The summed E-state index contributed by atoms with van der Waals surface area (Å²) in [7, 11) is -2.96. The van der Waals surface area contributed by atoms with Crippen molar-refractivity contribution in [2.75, 3.05) is 18.6 Å². The van der Waals surface area contributed by atoms with Crippen LogP contribution in [0, 0.1) is 11.2 Å². The molecule has 1 aliphatic rings. The van der Waals surface area contributed by atoms with Gasteiger partial charge in [0.1, 0.15) is 21.5 Å². The Morgan fingerprint density at radius 2 is 2.17 bits per heavy atom. The number of amidine groups is 1. The Bertz CT molecular complexity index is 584. The molecule has 0 aliphatic carbocycles. The number of hydrogen-bond acceptors (Lipinski definition) is 3. The minimum atomic E-state index is -2.96. The number of halogens is 1. The summed E-state index contributed by atoms with van der Waals surface area (Å²) in [6.07, 6.45) is 1.68. The molecule has 0 saturated heterocycles. The van der Waals surface area contributed by atoms with Crippen molar-refractivity contribution >= 4 is 15.7 Å². The lowest BCUT2D eigenvalue weighted by molar-refractivity contribution is 0.426. The molecule has 98 valence electrons. The lowest BCUT2D eigenvalue weighted by Crippen LogP contribution is -2.26. The van der Waals surface area contributed by atoms with Gasteiger partial charge in [0.2, 0.25) is 0 Å². The van der Waals surface area contributed by atoms with Crippen LogP contribution in [0.3, 0.4) is 0 Å². The van der Waals surface area contributed by atoms with Crippen LogP contribution in [0.15, 0.2) is 18.2 Å². The maximum atomic E-state index is 13.1. The van der Waals surface area contributed by atoms with Crippen molar-refractivity contribution in [1.82, 2.24) is 4.90 Å². The fourth-order valence-electron chi connectivity index (χ4n) is 2.07. The first kappa shape index (κ1) is 13.0. The predicted octanol–water partition coefficient (Wildman–Crippen LogP) is 1.40. The standard InChI is InChI=1S/C12H15FN2O2S/c1-18(16,17)6-2-5-15-8-9-3-4-10(13)7-11(9)12(15)14/h3-4,7,14H,2,5-6,8H2,1H3. The van der Waals surface area contributed by atoms with Crippen molar-refractivity contribution in [3.05, 3.63) is 35.1 Å². The van der Waals surface area contributed by atoms with Gasteiger partial charge >= 0.3 is 0 Å². The van der Waals surface area contributed by atoms with Crippen molar-refractivity contribution in [1.29, 1.82) is 5.41 Å². The van der Waals surface area contributed by atoms with Crippen LogP contribution in [0.5, 0.6) is 0 Å². The molecule has 4 nitrogen and oxygen atoms in total. The van der Waals surface area contributed by atoms with Gasteiger partial charge in [-0.1, -0.05) is 6.07 Å². The van der Waals surface area contributed by atoms with Gasteiger partial charge in [0.05, 0.1) is 5.75 Å². The maximum Gasteiger partial charge on any atom is 0.147 e. The summed E-state index contributed by atoms with van der Waals surface area (Å²) in [5, 5.41) is 7.93. The van der Waals surface area contributed by atoms with Gasteiger partial charge in [-0.2, -0.15) is 0 Å². The molecule has 1 aromatic carbocycles. The number of rotatable bonds is 4. The molecule has 0 radical (unpaired) electrons. The molecule has 0 unspecified atom stereocenters. The van der Waals surface area contributed by atoms with E-state index in [1.807, 2.05) is 0 Å². The predicted molar refractivity (Wildman–Crippen MR) is 68.0 cm³/mol. The van der Waals surface area contributed by atoms with Gasteiger partial charge in [-0.3, -0.25) is 5.41 Å². The third kappa shape index (κ3) is 2.87. The normalized spacial score (nSPS) is 15.0. The molecule has 0 amide bonds. The van der Waals surface area contributed by atoms with Gasteiger partial charge in [0.15, 0.2) is 0 Å². The van der Waals surface area contributed by atoms with E-state index in [1.165, 1.54) is 18.4 Å². The van der Waals surface area contributed by atoms with Crippen molar-refractivity contribution in [3.63, 3.8) is 0 Å². The Kier molecular flexibility index (Phi) is 3.38. The Hall–Kier alpha value is -1.43. The summed E-state index contributed by atoms with van der Waals surface area (Å²) in [6, 6.07) is 4.41.